The lowest BCUT2D eigenvalue weighted by Gasteiger charge is -2.52. The molecular formula is C14H28N2S. The lowest BCUT2D eigenvalue weighted by molar-refractivity contribution is 0.0366. The quantitative estimate of drug-likeness (QED) is 0.842. The van der Waals surface area contributed by atoms with Crippen LogP contribution in [0.5, 0.6) is 0 Å². The van der Waals surface area contributed by atoms with Crippen molar-refractivity contribution >= 4 is 11.8 Å². The topological polar surface area (TPSA) is 29.3 Å². The largest absolute Gasteiger partial charge is 0.329 e. The number of rotatable bonds is 3. The fraction of sp³-hybridized carbons (Fsp3) is 1.00. The molecule has 2 heterocycles. The van der Waals surface area contributed by atoms with Crippen LogP contribution in [0, 0.1) is 0 Å². The molecule has 0 saturated carbocycles. The lowest BCUT2D eigenvalue weighted by Crippen LogP contribution is -2.63. The van der Waals surface area contributed by atoms with Crippen LogP contribution in [0.2, 0.25) is 0 Å². The van der Waals surface area contributed by atoms with Crippen molar-refractivity contribution in [2.75, 3.05) is 12.3 Å². The van der Waals surface area contributed by atoms with E-state index in [1.807, 2.05) is 0 Å². The normalized spacial score (nSPS) is 44.1. The van der Waals surface area contributed by atoms with Crippen molar-refractivity contribution in [3.05, 3.63) is 0 Å². The average molecular weight is 256 g/mol. The highest BCUT2D eigenvalue weighted by molar-refractivity contribution is 8.00. The van der Waals surface area contributed by atoms with Crippen LogP contribution < -0.4 is 5.73 Å². The van der Waals surface area contributed by atoms with Gasteiger partial charge in [0.25, 0.3) is 0 Å². The van der Waals surface area contributed by atoms with Crippen molar-refractivity contribution in [3.8, 4) is 0 Å². The van der Waals surface area contributed by atoms with Gasteiger partial charge in [0.1, 0.15) is 0 Å². The molecule has 0 radical (unpaired) electrons. The Morgan fingerprint density at radius 3 is 2.71 bits per heavy atom. The summed E-state index contributed by atoms with van der Waals surface area (Å²) in [5.74, 6) is 1.32. The van der Waals surface area contributed by atoms with Gasteiger partial charge in [0.2, 0.25) is 0 Å². The van der Waals surface area contributed by atoms with E-state index in [9.17, 15) is 0 Å². The van der Waals surface area contributed by atoms with Crippen LogP contribution in [-0.2, 0) is 0 Å². The third-order valence-corrected chi connectivity index (χ3v) is 6.47. The minimum atomic E-state index is 0.277. The van der Waals surface area contributed by atoms with Gasteiger partial charge in [-0.1, -0.05) is 13.8 Å². The zero-order valence-electron chi connectivity index (χ0n) is 11.6. The van der Waals surface area contributed by atoms with Gasteiger partial charge in [-0.2, -0.15) is 11.8 Å². The molecule has 2 aliphatic heterocycles. The maximum atomic E-state index is 6.23. The Morgan fingerprint density at radius 1 is 1.35 bits per heavy atom. The van der Waals surface area contributed by atoms with Gasteiger partial charge in [0.05, 0.1) is 0 Å². The molecule has 0 aromatic rings. The second-order valence-corrected chi connectivity index (χ2v) is 7.27. The molecule has 0 aromatic heterocycles. The van der Waals surface area contributed by atoms with E-state index >= 15 is 0 Å². The number of thioether (sulfide) groups is 1. The number of nitrogens with zero attached hydrogens (tertiary/aromatic N) is 1. The van der Waals surface area contributed by atoms with Gasteiger partial charge in [0.15, 0.2) is 0 Å². The summed E-state index contributed by atoms with van der Waals surface area (Å²) in [6.07, 6.45) is 6.66. The fourth-order valence-electron chi connectivity index (χ4n) is 3.98. The molecule has 2 rings (SSSR count). The Morgan fingerprint density at radius 2 is 2.12 bits per heavy atom. The summed E-state index contributed by atoms with van der Waals surface area (Å²) in [6.45, 7) is 7.97. The highest BCUT2D eigenvalue weighted by atomic mass is 32.2. The van der Waals surface area contributed by atoms with E-state index < -0.39 is 0 Å². The molecule has 2 N–H and O–H groups in total. The van der Waals surface area contributed by atoms with Gasteiger partial charge in [-0.3, -0.25) is 4.90 Å². The Balaban J connectivity index is 2.25. The third-order valence-electron chi connectivity index (χ3n) is 5.00. The number of hydrogen-bond donors (Lipinski definition) is 1. The zero-order valence-corrected chi connectivity index (χ0v) is 12.4. The predicted molar refractivity (Wildman–Crippen MR) is 77.6 cm³/mol. The summed E-state index contributed by atoms with van der Waals surface area (Å²) >= 11 is 2.13. The van der Waals surface area contributed by atoms with E-state index in [4.69, 9.17) is 5.73 Å². The Hall–Kier alpha value is 0.270. The maximum absolute atomic E-state index is 6.23. The van der Waals surface area contributed by atoms with E-state index in [-0.39, 0.29) is 5.54 Å². The van der Waals surface area contributed by atoms with Crippen LogP contribution >= 0.6 is 11.8 Å². The van der Waals surface area contributed by atoms with Crippen LogP contribution in [-0.4, -0.2) is 40.1 Å². The highest BCUT2D eigenvalue weighted by Crippen LogP contribution is 2.44. The number of hydrogen-bond acceptors (Lipinski definition) is 3. The second-order valence-electron chi connectivity index (χ2n) is 5.82. The first-order valence-electron chi connectivity index (χ1n) is 7.25. The van der Waals surface area contributed by atoms with Gasteiger partial charge in [-0.25, -0.2) is 0 Å². The molecule has 2 aliphatic rings. The van der Waals surface area contributed by atoms with E-state index in [2.05, 4.69) is 37.4 Å². The van der Waals surface area contributed by atoms with Crippen molar-refractivity contribution < 1.29 is 0 Å². The smallest absolute Gasteiger partial charge is 0.0453 e. The van der Waals surface area contributed by atoms with Crippen molar-refractivity contribution in [2.24, 2.45) is 5.73 Å². The maximum Gasteiger partial charge on any atom is 0.0453 e. The summed E-state index contributed by atoms with van der Waals surface area (Å²) in [5, 5.41) is 0.691. The average Bonchev–Trinajstić information content (AvgIpc) is 2.72. The molecule has 0 aliphatic carbocycles. The second kappa shape index (κ2) is 5.50. The first kappa shape index (κ1) is 13.7. The summed E-state index contributed by atoms with van der Waals surface area (Å²) < 4.78 is 0. The van der Waals surface area contributed by atoms with E-state index in [0.29, 0.717) is 5.25 Å². The Bertz CT molecular complexity index is 259. The molecule has 0 amide bonds. The molecule has 2 fully saturated rings. The molecule has 0 bridgehead atoms. The molecule has 3 heteroatoms. The van der Waals surface area contributed by atoms with Crippen LogP contribution in [0.4, 0.5) is 0 Å². The van der Waals surface area contributed by atoms with E-state index in [0.717, 1.165) is 18.6 Å². The molecule has 2 saturated heterocycles. The molecule has 4 atom stereocenters. The van der Waals surface area contributed by atoms with Gasteiger partial charge < -0.3 is 5.73 Å². The Labute approximate surface area is 111 Å². The summed E-state index contributed by atoms with van der Waals surface area (Å²) in [7, 11) is 0. The summed E-state index contributed by atoms with van der Waals surface area (Å²) in [4.78, 5) is 2.81. The van der Waals surface area contributed by atoms with Crippen LogP contribution in [0.3, 0.4) is 0 Å². The lowest BCUT2D eigenvalue weighted by atomic mass is 9.85. The van der Waals surface area contributed by atoms with Crippen molar-refractivity contribution in [2.45, 2.75) is 75.7 Å². The zero-order chi connectivity index (χ0) is 12.5. The van der Waals surface area contributed by atoms with Crippen LogP contribution in [0.25, 0.3) is 0 Å². The monoisotopic (exact) mass is 256 g/mol. The molecule has 100 valence electrons. The predicted octanol–water partition coefficient (Wildman–Crippen LogP) is 2.86. The molecule has 4 unspecified atom stereocenters. The highest BCUT2D eigenvalue weighted by Gasteiger charge is 2.48. The van der Waals surface area contributed by atoms with Crippen molar-refractivity contribution in [1.82, 2.24) is 4.90 Å². The Kier molecular flexibility index (Phi) is 4.43. The van der Waals surface area contributed by atoms with E-state index in [1.165, 1.54) is 37.9 Å². The van der Waals surface area contributed by atoms with Gasteiger partial charge in [0, 0.05) is 29.4 Å². The van der Waals surface area contributed by atoms with Crippen molar-refractivity contribution in [1.29, 1.82) is 0 Å². The number of likely N-dealkylation sites (tertiary alicyclic amines) is 1. The van der Waals surface area contributed by atoms with Gasteiger partial charge >= 0.3 is 0 Å². The summed E-state index contributed by atoms with van der Waals surface area (Å²) in [6, 6.07) is 1.50. The molecule has 0 spiro atoms. The van der Waals surface area contributed by atoms with Gasteiger partial charge in [-0.05, 0) is 44.8 Å². The summed E-state index contributed by atoms with van der Waals surface area (Å²) in [5.41, 5.74) is 6.51. The van der Waals surface area contributed by atoms with Crippen LogP contribution in [0.1, 0.15) is 52.9 Å². The molecular weight excluding hydrogens is 228 g/mol. The SMILES string of the molecule is CCC1CCC(C)N1C1(CN)CCCSC1C. The molecule has 17 heavy (non-hydrogen) atoms. The van der Waals surface area contributed by atoms with Gasteiger partial charge in [-0.15, -0.1) is 0 Å². The third kappa shape index (κ3) is 2.26. The first-order valence-corrected chi connectivity index (χ1v) is 8.30. The minimum absolute atomic E-state index is 0.277. The molecule has 2 nitrogen and oxygen atoms in total. The first-order chi connectivity index (χ1) is 8.15. The van der Waals surface area contributed by atoms with E-state index in [1.54, 1.807) is 0 Å². The molecule has 0 aromatic carbocycles. The van der Waals surface area contributed by atoms with Crippen molar-refractivity contribution in [3.63, 3.8) is 0 Å². The van der Waals surface area contributed by atoms with Crippen LogP contribution in [0.15, 0.2) is 0 Å². The fourth-order valence-corrected chi connectivity index (χ4v) is 5.29. The number of nitrogens with two attached hydrogens (primary N) is 1. The minimum Gasteiger partial charge on any atom is -0.329 e. The standard InChI is InChI=1S/C14H28N2S/c1-4-13-7-6-11(2)16(13)14(10-15)8-5-9-17-12(14)3/h11-13H,4-10,15H2,1-3H3.